The third kappa shape index (κ3) is 5.03. The minimum atomic E-state index is -1.02. The van der Waals surface area contributed by atoms with Crippen LogP contribution in [0.4, 0.5) is 5.82 Å². The van der Waals surface area contributed by atoms with Crippen molar-refractivity contribution in [3.05, 3.63) is 118 Å². The summed E-state index contributed by atoms with van der Waals surface area (Å²) in [5.74, 6) is 0.887. The van der Waals surface area contributed by atoms with Crippen LogP contribution in [-0.4, -0.2) is 59.1 Å². The summed E-state index contributed by atoms with van der Waals surface area (Å²) in [6, 6.07) is 27.3. The maximum absolute atomic E-state index is 13.7. The Kier molecular flexibility index (Phi) is 7.71. The summed E-state index contributed by atoms with van der Waals surface area (Å²) in [6.07, 6.45) is -0.445. The summed E-state index contributed by atoms with van der Waals surface area (Å²) in [7, 11) is 3.26. The second-order valence-corrected chi connectivity index (χ2v) is 11.6. The van der Waals surface area contributed by atoms with Crippen LogP contribution in [0.1, 0.15) is 43.7 Å². The number of aliphatic hydroxyl groups is 1. The second-order valence-electron chi connectivity index (χ2n) is 11.6. The van der Waals surface area contributed by atoms with Crippen LogP contribution in [0.3, 0.4) is 0 Å². The van der Waals surface area contributed by atoms with E-state index in [0.717, 1.165) is 28.2 Å². The third-order valence-electron chi connectivity index (χ3n) is 8.40. The van der Waals surface area contributed by atoms with Gasteiger partial charge in [-0.05, 0) is 67.8 Å². The molecule has 0 amide bonds. The lowest BCUT2D eigenvalue weighted by Crippen LogP contribution is -2.45. The maximum Gasteiger partial charge on any atom is 0.351 e. The molecule has 0 bridgehead atoms. The van der Waals surface area contributed by atoms with Crippen LogP contribution in [0, 0.1) is 0 Å². The van der Waals surface area contributed by atoms with E-state index in [0.29, 0.717) is 5.82 Å². The molecule has 2 fully saturated rings. The number of aromatic nitrogens is 2. The highest BCUT2D eigenvalue weighted by Crippen LogP contribution is 2.50. The standard InChI is InChI=1S/C34H37N3O7/c1-32(2)43-29-27(21-38)42-30(33(29,3)44-32)37-20-19-28(35-31(37)39)36-34(22-9-7-6-8-10-22,23-11-15-25(40-4)16-12-23)24-13-17-26(41-5)18-14-24/h6-20,27,29-30,38H,21H2,1-5H3,(H,35,36,39)/t27-,29+,30-,33?/m1/s1. The highest BCUT2D eigenvalue weighted by molar-refractivity contribution is 5.59. The highest BCUT2D eigenvalue weighted by Gasteiger charge is 2.64. The van der Waals surface area contributed by atoms with E-state index in [1.165, 1.54) is 4.57 Å². The number of nitrogens with one attached hydrogen (secondary N) is 1. The topological polar surface area (TPSA) is 113 Å². The Bertz CT molecular complexity index is 1610. The number of hydrogen-bond acceptors (Lipinski definition) is 9. The fourth-order valence-corrected chi connectivity index (χ4v) is 6.46. The van der Waals surface area contributed by atoms with E-state index in [1.54, 1.807) is 40.3 Å². The predicted octanol–water partition coefficient (Wildman–Crippen LogP) is 4.46. The van der Waals surface area contributed by atoms with Gasteiger partial charge >= 0.3 is 5.69 Å². The van der Waals surface area contributed by atoms with Crippen molar-refractivity contribution in [2.75, 3.05) is 26.1 Å². The summed E-state index contributed by atoms with van der Waals surface area (Å²) < 4.78 is 30.7. The van der Waals surface area contributed by atoms with Crippen LogP contribution in [0.25, 0.3) is 0 Å². The zero-order chi connectivity index (χ0) is 31.1. The number of fused-ring (bicyclic) bond motifs is 1. The van der Waals surface area contributed by atoms with Crippen LogP contribution in [-0.2, 0) is 19.7 Å². The van der Waals surface area contributed by atoms with Crippen LogP contribution >= 0.6 is 0 Å². The van der Waals surface area contributed by atoms with Gasteiger partial charge in [0.2, 0.25) is 0 Å². The average molecular weight is 600 g/mol. The summed E-state index contributed by atoms with van der Waals surface area (Å²) in [6.45, 7) is 5.16. The summed E-state index contributed by atoms with van der Waals surface area (Å²) in [4.78, 5) is 18.2. The molecular weight excluding hydrogens is 562 g/mol. The first-order chi connectivity index (χ1) is 21.1. The fourth-order valence-electron chi connectivity index (χ4n) is 6.46. The number of ether oxygens (including phenoxy) is 5. The minimum Gasteiger partial charge on any atom is -0.497 e. The lowest BCUT2D eigenvalue weighted by Gasteiger charge is -2.37. The van der Waals surface area contributed by atoms with E-state index in [-0.39, 0.29) is 6.61 Å². The van der Waals surface area contributed by atoms with Gasteiger partial charge in [-0.15, -0.1) is 0 Å². The molecule has 4 aromatic rings. The van der Waals surface area contributed by atoms with Gasteiger partial charge in [0.25, 0.3) is 0 Å². The highest BCUT2D eigenvalue weighted by atomic mass is 16.8. The van der Waals surface area contributed by atoms with Gasteiger partial charge in [0, 0.05) is 6.20 Å². The maximum atomic E-state index is 13.7. The zero-order valence-corrected chi connectivity index (χ0v) is 25.4. The van der Waals surface area contributed by atoms with Crippen LogP contribution in [0.5, 0.6) is 11.5 Å². The molecule has 2 N–H and O–H groups in total. The fraction of sp³-hybridized carbons (Fsp3) is 0.353. The molecule has 6 rings (SSSR count). The molecule has 0 saturated carbocycles. The number of benzene rings is 3. The lowest BCUT2D eigenvalue weighted by atomic mass is 9.77. The molecule has 10 nitrogen and oxygen atoms in total. The SMILES string of the molecule is COc1ccc(C(Nc2ccn([C@@H]3O[C@H](CO)[C@@H]4OC(C)(C)OC43C)c(=O)n2)(c2ccccc2)c2ccc(OC)cc2)cc1. The first-order valence-corrected chi connectivity index (χ1v) is 14.5. The van der Waals surface area contributed by atoms with Gasteiger partial charge < -0.3 is 34.1 Å². The molecule has 0 aliphatic carbocycles. The molecular formula is C34H37N3O7. The van der Waals surface area contributed by atoms with Gasteiger partial charge in [-0.1, -0.05) is 54.6 Å². The number of hydrogen-bond donors (Lipinski definition) is 2. The summed E-state index contributed by atoms with van der Waals surface area (Å²) >= 11 is 0. The Balaban J connectivity index is 1.46. The van der Waals surface area contributed by atoms with Gasteiger partial charge in [0.15, 0.2) is 12.0 Å². The van der Waals surface area contributed by atoms with Crippen molar-refractivity contribution in [2.45, 2.75) is 56.1 Å². The Morgan fingerprint density at radius 3 is 1.98 bits per heavy atom. The van der Waals surface area contributed by atoms with Crippen LogP contribution < -0.4 is 20.5 Å². The van der Waals surface area contributed by atoms with E-state index in [9.17, 15) is 9.90 Å². The number of nitrogens with zero attached hydrogens (tertiary/aromatic N) is 2. The van der Waals surface area contributed by atoms with Crippen molar-refractivity contribution < 1.29 is 28.8 Å². The second kappa shape index (κ2) is 11.4. The molecule has 1 unspecified atom stereocenters. The van der Waals surface area contributed by atoms with Crippen molar-refractivity contribution >= 4 is 5.82 Å². The molecule has 0 radical (unpaired) electrons. The molecule has 2 aliphatic heterocycles. The third-order valence-corrected chi connectivity index (χ3v) is 8.40. The molecule has 2 saturated heterocycles. The van der Waals surface area contributed by atoms with E-state index < -0.39 is 41.1 Å². The van der Waals surface area contributed by atoms with Crippen molar-refractivity contribution in [1.29, 1.82) is 0 Å². The molecule has 2 aliphatic rings. The normalized spacial score (nSPS) is 24.1. The monoisotopic (exact) mass is 599 g/mol. The number of rotatable bonds is 9. The Morgan fingerprint density at radius 2 is 1.45 bits per heavy atom. The molecule has 10 heteroatoms. The molecule has 3 heterocycles. The van der Waals surface area contributed by atoms with E-state index in [4.69, 9.17) is 23.7 Å². The van der Waals surface area contributed by atoms with Gasteiger partial charge in [0.1, 0.15) is 40.7 Å². The van der Waals surface area contributed by atoms with Crippen LogP contribution in [0.2, 0.25) is 0 Å². The summed E-state index contributed by atoms with van der Waals surface area (Å²) in [5.41, 5.74) is 0.218. The average Bonchev–Trinajstić information content (AvgIpc) is 3.44. The molecule has 44 heavy (non-hydrogen) atoms. The minimum absolute atomic E-state index is 0.276. The first-order valence-electron chi connectivity index (χ1n) is 14.5. The Labute approximate surface area is 256 Å². The predicted molar refractivity (Wildman–Crippen MR) is 164 cm³/mol. The van der Waals surface area contributed by atoms with Gasteiger partial charge in [0.05, 0.1) is 20.8 Å². The first kappa shape index (κ1) is 29.8. The smallest absolute Gasteiger partial charge is 0.351 e. The Morgan fingerprint density at radius 1 is 0.886 bits per heavy atom. The molecule has 1 aromatic heterocycles. The number of anilines is 1. The quantitative estimate of drug-likeness (QED) is 0.269. The van der Waals surface area contributed by atoms with Crippen molar-refractivity contribution in [3.63, 3.8) is 0 Å². The van der Waals surface area contributed by atoms with Crippen LogP contribution in [0.15, 0.2) is 95.9 Å². The molecule has 3 aromatic carbocycles. The Hall–Kier alpha value is -4.22. The van der Waals surface area contributed by atoms with E-state index in [2.05, 4.69) is 10.3 Å². The lowest BCUT2D eigenvalue weighted by molar-refractivity contribution is -0.218. The summed E-state index contributed by atoms with van der Waals surface area (Å²) in [5, 5.41) is 13.6. The van der Waals surface area contributed by atoms with Gasteiger partial charge in [-0.3, -0.25) is 4.57 Å². The van der Waals surface area contributed by atoms with E-state index >= 15 is 0 Å². The number of aliphatic hydroxyl groups excluding tert-OH is 1. The van der Waals surface area contributed by atoms with Gasteiger partial charge in [-0.25, -0.2) is 4.79 Å². The largest absolute Gasteiger partial charge is 0.497 e. The molecule has 0 spiro atoms. The van der Waals surface area contributed by atoms with Gasteiger partial charge in [-0.2, -0.15) is 4.98 Å². The van der Waals surface area contributed by atoms with E-state index in [1.807, 2.05) is 85.8 Å². The zero-order valence-electron chi connectivity index (χ0n) is 25.4. The van der Waals surface area contributed by atoms with Crippen molar-refractivity contribution in [1.82, 2.24) is 9.55 Å². The molecule has 4 atom stereocenters. The molecule has 230 valence electrons. The van der Waals surface area contributed by atoms with Crippen molar-refractivity contribution in [2.24, 2.45) is 0 Å². The number of methoxy groups -OCH3 is 2. The van der Waals surface area contributed by atoms with Crippen molar-refractivity contribution in [3.8, 4) is 11.5 Å².